The van der Waals surface area contributed by atoms with Crippen LogP contribution in [-0.2, 0) is 0 Å². The van der Waals surface area contributed by atoms with Gasteiger partial charge in [0.25, 0.3) is 0 Å². The Balaban J connectivity index is 2.22. The van der Waals surface area contributed by atoms with Crippen molar-refractivity contribution < 1.29 is 0 Å². The van der Waals surface area contributed by atoms with Crippen molar-refractivity contribution in [3.63, 3.8) is 0 Å². The minimum Gasteiger partial charge on any atom is -0.266 e. The van der Waals surface area contributed by atoms with E-state index in [4.69, 9.17) is 0 Å². The van der Waals surface area contributed by atoms with Crippen molar-refractivity contribution in [1.82, 2.24) is 0 Å². The zero-order chi connectivity index (χ0) is 8.23. The fraction of sp³-hybridized carbons (Fsp3) is 0.182. The zero-order valence-corrected chi connectivity index (χ0v) is 6.90. The second kappa shape index (κ2) is 3.35. The van der Waals surface area contributed by atoms with Crippen LogP contribution in [0.25, 0.3) is 6.08 Å². The second-order valence-electron chi connectivity index (χ2n) is 2.90. The molecule has 1 aliphatic heterocycles. The second-order valence-corrected chi connectivity index (χ2v) is 2.90. The van der Waals surface area contributed by atoms with Gasteiger partial charge in [-0.15, -0.1) is 0 Å². The van der Waals surface area contributed by atoms with Crippen molar-refractivity contribution in [3.8, 4) is 0 Å². The molecule has 0 atom stereocenters. The molecule has 0 saturated carbocycles. The number of hydrogen-bond donors (Lipinski definition) is 0. The lowest BCUT2D eigenvalue weighted by molar-refractivity contribution is 1.08. The van der Waals surface area contributed by atoms with Gasteiger partial charge in [-0.1, -0.05) is 30.3 Å². The van der Waals surface area contributed by atoms with Gasteiger partial charge in [0.05, 0.1) is 0 Å². The molecule has 0 spiro atoms. The van der Waals surface area contributed by atoms with E-state index in [0.717, 1.165) is 12.8 Å². The van der Waals surface area contributed by atoms with Crippen LogP contribution in [0, 0.1) is 0 Å². The topological polar surface area (TPSA) is 12.4 Å². The lowest BCUT2D eigenvalue weighted by Gasteiger charge is -1.93. The fourth-order valence-corrected chi connectivity index (χ4v) is 1.31. The highest BCUT2D eigenvalue weighted by molar-refractivity contribution is 5.67. The van der Waals surface area contributed by atoms with Gasteiger partial charge in [0.2, 0.25) is 0 Å². The van der Waals surface area contributed by atoms with Crippen molar-refractivity contribution in [2.45, 2.75) is 12.8 Å². The average molecular weight is 157 g/mol. The predicted octanol–water partition coefficient (Wildman–Crippen LogP) is 2.89. The third-order valence-corrected chi connectivity index (χ3v) is 1.92. The SMILES string of the molecule is C1=NC(=Cc2ccccc2)CC1. The molecule has 0 amide bonds. The molecule has 0 aliphatic carbocycles. The van der Waals surface area contributed by atoms with E-state index in [1.807, 2.05) is 24.4 Å². The van der Waals surface area contributed by atoms with Crippen LogP contribution < -0.4 is 0 Å². The highest BCUT2D eigenvalue weighted by Gasteiger charge is 1.99. The zero-order valence-electron chi connectivity index (χ0n) is 6.90. The molecule has 1 heterocycles. The van der Waals surface area contributed by atoms with Crippen LogP contribution >= 0.6 is 0 Å². The molecule has 1 aromatic carbocycles. The maximum absolute atomic E-state index is 4.27. The average Bonchev–Trinajstić information content (AvgIpc) is 2.59. The third kappa shape index (κ3) is 1.62. The van der Waals surface area contributed by atoms with Crippen LogP contribution in [0.5, 0.6) is 0 Å². The Morgan fingerprint density at radius 1 is 1.17 bits per heavy atom. The largest absolute Gasteiger partial charge is 0.266 e. The first-order valence-electron chi connectivity index (χ1n) is 4.23. The maximum Gasteiger partial charge on any atom is 0.0409 e. The van der Waals surface area contributed by atoms with Crippen molar-refractivity contribution in [2.24, 2.45) is 4.99 Å². The Morgan fingerprint density at radius 2 is 2.00 bits per heavy atom. The molecule has 0 N–H and O–H groups in total. The Labute approximate surface area is 72.5 Å². The van der Waals surface area contributed by atoms with E-state index < -0.39 is 0 Å². The van der Waals surface area contributed by atoms with E-state index in [1.165, 1.54) is 11.3 Å². The highest BCUT2D eigenvalue weighted by atomic mass is 14.8. The van der Waals surface area contributed by atoms with Gasteiger partial charge in [-0.2, -0.15) is 0 Å². The molecule has 0 aromatic heterocycles. The predicted molar refractivity (Wildman–Crippen MR) is 52.1 cm³/mol. The van der Waals surface area contributed by atoms with Crippen LogP contribution in [-0.4, -0.2) is 6.21 Å². The molecule has 1 heteroatoms. The van der Waals surface area contributed by atoms with E-state index in [2.05, 4.69) is 23.2 Å². The summed E-state index contributed by atoms with van der Waals surface area (Å²) >= 11 is 0. The minimum atomic E-state index is 1.09. The molecule has 12 heavy (non-hydrogen) atoms. The third-order valence-electron chi connectivity index (χ3n) is 1.92. The summed E-state index contributed by atoms with van der Waals surface area (Å²) in [5.74, 6) is 0. The Hall–Kier alpha value is -1.37. The highest BCUT2D eigenvalue weighted by Crippen LogP contribution is 2.16. The number of benzene rings is 1. The molecule has 1 aromatic rings. The molecule has 2 rings (SSSR count). The molecule has 0 radical (unpaired) electrons. The van der Waals surface area contributed by atoms with Gasteiger partial charge in [-0.05, 0) is 24.5 Å². The molecule has 0 bridgehead atoms. The number of rotatable bonds is 1. The molecule has 60 valence electrons. The van der Waals surface area contributed by atoms with Crippen molar-refractivity contribution in [1.29, 1.82) is 0 Å². The fourth-order valence-electron chi connectivity index (χ4n) is 1.31. The Morgan fingerprint density at radius 3 is 2.67 bits per heavy atom. The summed E-state index contributed by atoms with van der Waals surface area (Å²) < 4.78 is 0. The molecular formula is C11H11N. The first-order valence-corrected chi connectivity index (χ1v) is 4.23. The standard InChI is InChI=1S/C11H11N/c1-2-5-10(6-3-1)9-11-7-4-8-12-11/h1-3,5-6,8-9H,4,7H2. The molecule has 0 fully saturated rings. The smallest absolute Gasteiger partial charge is 0.0409 e. The molecule has 1 nitrogen and oxygen atoms in total. The quantitative estimate of drug-likeness (QED) is 0.594. The Kier molecular flexibility index (Phi) is 2.04. The van der Waals surface area contributed by atoms with Crippen molar-refractivity contribution in [3.05, 3.63) is 41.6 Å². The summed E-state index contributed by atoms with van der Waals surface area (Å²) in [4.78, 5) is 4.27. The molecule has 1 aliphatic rings. The summed E-state index contributed by atoms with van der Waals surface area (Å²) in [6.07, 6.45) is 6.31. The lowest BCUT2D eigenvalue weighted by Crippen LogP contribution is -1.73. The number of aliphatic imine (C=N–C) groups is 1. The van der Waals surface area contributed by atoms with Crippen LogP contribution in [0.3, 0.4) is 0 Å². The lowest BCUT2D eigenvalue weighted by atomic mass is 10.2. The summed E-state index contributed by atoms with van der Waals surface area (Å²) in [6, 6.07) is 10.3. The maximum atomic E-state index is 4.27. The van der Waals surface area contributed by atoms with E-state index in [1.54, 1.807) is 0 Å². The minimum absolute atomic E-state index is 1.09. The van der Waals surface area contributed by atoms with Crippen LogP contribution in [0.15, 0.2) is 41.0 Å². The van der Waals surface area contributed by atoms with E-state index in [0.29, 0.717) is 0 Å². The molecule has 0 saturated heterocycles. The van der Waals surface area contributed by atoms with Gasteiger partial charge in [0.1, 0.15) is 0 Å². The van der Waals surface area contributed by atoms with Crippen LogP contribution in [0.1, 0.15) is 18.4 Å². The molecule has 0 unspecified atom stereocenters. The van der Waals surface area contributed by atoms with Gasteiger partial charge in [-0.3, -0.25) is 4.99 Å². The monoisotopic (exact) mass is 157 g/mol. The first-order chi connectivity index (χ1) is 5.95. The number of nitrogens with zero attached hydrogens (tertiary/aromatic N) is 1. The molecular weight excluding hydrogens is 146 g/mol. The summed E-state index contributed by atoms with van der Waals surface area (Å²) in [7, 11) is 0. The normalized spacial score (nSPS) is 18.8. The van der Waals surface area contributed by atoms with E-state index >= 15 is 0 Å². The van der Waals surface area contributed by atoms with Gasteiger partial charge < -0.3 is 0 Å². The Bertz CT molecular complexity index is 309. The number of allylic oxidation sites excluding steroid dienone is 1. The summed E-state index contributed by atoms with van der Waals surface area (Å²) in [5, 5.41) is 0. The van der Waals surface area contributed by atoms with E-state index in [-0.39, 0.29) is 0 Å². The first kappa shape index (κ1) is 7.29. The number of hydrogen-bond acceptors (Lipinski definition) is 1. The van der Waals surface area contributed by atoms with E-state index in [9.17, 15) is 0 Å². The van der Waals surface area contributed by atoms with Crippen molar-refractivity contribution in [2.75, 3.05) is 0 Å². The van der Waals surface area contributed by atoms with Gasteiger partial charge in [0, 0.05) is 11.9 Å². The van der Waals surface area contributed by atoms with Crippen LogP contribution in [0.4, 0.5) is 0 Å². The van der Waals surface area contributed by atoms with Crippen LogP contribution in [0.2, 0.25) is 0 Å². The van der Waals surface area contributed by atoms with Gasteiger partial charge in [-0.25, -0.2) is 0 Å². The van der Waals surface area contributed by atoms with Crippen molar-refractivity contribution >= 4 is 12.3 Å². The van der Waals surface area contributed by atoms with Gasteiger partial charge in [0.15, 0.2) is 0 Å². The summed E-state index contributed by atoms with van der Waals surface area (Å²) in [5.41, 5.74) is 2.44. The van der Waals surface area contributed by atoms with Gasteiger partial charge >= 0.3 is 0 Å². The summed E-state index contributed by atoms with van der Waals surface area (Å²) in [6.45, 7) is 0.